The average molecular weight is 387 g/mol. The van der Waals surface area contributed by atoms with Gasteiger partial charge < -0.3 is 13.5 Å². The molecule has 0 spiro atoms. The van der Waals surface area contributed by atoms with Crippen LogP contribution in [0.1, 0.15) is 23.2 Å². The number of rotatable bonds is 4. The minimum Gasteiger partial charge on any atom is -0.335 e. The fourth-order valence-electron chi connectivity index (χ4n) is 4.27. The number of aldehydes is 1. The molecule has 1 fully saturated rings. The van der Waals surface area contributed by atoms with Crippen LogP contribution in [0.25, 0.3) is 39.1 Å². The van der Waals surface area contributed by atoms with Crippen molar-refractivity contribution in [3.8, 4) is 11.5 Å². The number of hydrogen-bond donors (Lipinski definition) is 0. The first-order valence-electron chi connectivity index (χ1n) is 9.70. The first-order chi connectivity index (χ1) is 14.1. The molecule has 0 aliphatic heterocycles. The largest absolute Gasteiger partial charge is 0.335 e. The Morgan fingerprint density at radius 3 is 2.86 bits per heavy atom. The summed E-state index contributed by atoms with van der Waals surface area (Å²) in [6.45, 7) is 0.886. The molecule has 5 aromatic rings. The summed E-state index contributed by atoms with van der Waals surface area (Å²) in [4.78, 5) is 20.4. The lowest BCUT2D eigenvalue weighted by Crippen LogP contribution is -2.05. The van der Waals surface area contributed by atoms with Gasteiger partial charge in [-0.3, -0.25) is 4.79 Å². The quantitative estimate of drug-likeness (QED) is 0.434. The van der Waals surface area contributed by atoms with Gasteiger partial charge >= 0.3 is 0 Å². The van der Waals surface area contributed by atoms with E-state index in [0.29, 0.717) is 29.1 Å². The van der Waals surface area contributed by atoms with Crippen molar-refractivity contribution in [2.24, 2.45) is 13.0 Å². The van der Waals surface area contributed by atoms with Crippen molar-refractivity contribution in [2.45, 2.75) is 19.4 Å². The maximum absolute atomic E-state index is 14.7. The van der Waals surface area contributed by atoms with Gasteiger partial charge in [-0.15, -0.1) is 0 Å². The third kappa shape index (κ3) is 2.36. The lowest BCUT2D eigenvalue weighted by Gasteiger charge is -2.11. The minimum atomic E-state index is -0.439. The predicted molar refractivity (Wildman–Crippen MR) is 108 cm³/mol. The minimum absolute atomic E-state index is 0.289. The number of fused-ring (bicyclic) bond motifs is 4. The van der Waals surface area contributed by atoms with Gasteiger partial charge in [0.25, 0.3) is 0 Å². The molecule has 1 saturated carbocycles. The Kier molecular flexibility index (Phi) is 3.27. The van der Waals surface area contributed by atoms with Crippen molar-refractivity contribution in [2.75, 3.05) is 0 Å². The van der Waals surface area contributed by atoms with Crippen LogP contribution in [0.2, 0.25) is 0 Å². The topological polar surface area (TPSA) is 57.1 Å². The molecular formula is C22H18FN5O. The Balaban J connectivity index is 1.68. The fraction of sp³-hybridized carbons (Fsp3) is 0.227. The molecule has 1 aliphatic rings. The van der Waals surface area contributed by atoms with Gasteiger partial charge in [0.05, 0.1) is 16.7 Å². The third-order valence-electron chi connectivity index (χ3n) is 5.87. The van der Waals surface area contributed by atoms with Gasteiger partial charge in [-0.2, -0.15) is 0 Å². The highest BCUT2D eigenvalue weighted by atomic mass is 19.1. The lowest BCUT2D eigenvalue weighted by atomic mass is 10.2. The van der Waals surface area contributed by atoms with E-state index in [0.717, 1.165) is 28.8 Å². The van der Waals surface area contributed by atoms with E-state index < -0.39 is 5.82 Å². The second-order valence-electron chi connectivity index (χ2n) is 7.84. The number of imidazole rings is 2. The highest BCUT2D eigenvalue weighted by Gasteiger charge is 2.27. The number of carbonyl (C=O) groups is 1. The van der Waals surface area contributed by atoms with E-state index in [-0.39, 0.29) is 5.56 Å². The standard InChI is InChI=1S/C22H18FN5O/c1-26-20-16(23)8-14(12-29)9-17(20)25-21(26)18-10-15-4-6-27-7-5-24-22(27)19(15)28(18)11-13-2-3-13/h4-10,12-13H,2-3,11H2,1H3. The van der Waals surface area contributed by atoms with E-state index in [1.165, 1.54) is 18.9 Å². The maximum Gasteiger partial charge on any atom is 0.161 e. The van der Waals surface area contributed by atoms with Gasteiger partial charge in [-0.1, -0.05) is 0 Å². The molecular weight excluding hydrogens is 369 g/mol. The van der Waals surface area contributed by atoms with E-state index in [4.69, 9.17) is 4.98 Å². The molecule has 6 rings (SSSR count). The van der Waals surface area contributed by atoms with Gasteiger partial charge in [-0.05, 0) is 43.0 Å². The Labute approximate surface area is 165 Å². The van der Waals surface area contributed by atoms with Crippen LogP contribution in [0.5, 0.6) is 0 Å². The summed E-state index contributed by atoms with van der Waals surface area (Å²) in [5, 5.41) is 1.08. The number of nitrogens with zero attached hydrogens (tertiary/aromatic N) is 5. The van der Waals surface area contributed by atoms with E-state index in [2.05, 4.69) is 21.7 Å². The smallest absolute Gasteiger partial charge is 0.161 e. The molecule has 4 heterocycles. The third-order valence-corrected chi connectivity index (χ3v) is 5.87. The fourth-order valence-corrected chi connectivity index (χ4v) is 4.27. The van der Waals surface area contributed by atoms with E-state index >= 15 is 0 Å². The number of carbonyl (C=O) groups excluding carboxylic acids is 1. The summed E-state index contributed by atoms with van der Waals surface area (Å²) in [5.41, 5.74) is 4.09. The molecule has 1 aromatic carbocycles. The number of pyridine rings is 1. The van der Waals surface area contributed by atoms with Crippen LogP contribution < -0.4 is 0 Å². The first-order valence-corrected chi connectivity index (χ1v) is 9.70. The summed E-state index contributed by atoms with van der Waals surface area (Å²) in [6.07, 6.45) is 8.83. The molecule has 0 radical (unpaired) electrons. The van der Waals surface area contributed by atoms with Gasteiger partial charge in [-0.25, -0.2) is 14.4 Å². The normalized spacial score (nSPS) is 14.4. The van der Waals surface area contributed by atoms with Crippen LogP contribution in [-0.2, 0) is 13.6 Å². The van der Waals surface area contributed by atoms with E-state index in [9.17, 15) is 9.18 Å². The van der Waals surface area contributed by atoms with E-state index in [1.807, 2.05) is 23.8 Å². The summed E-state index contributed by atoms with van der Waals surface area (Å²) in [6, 6.07) is 7.07. The number of aryl methyl sites for hydroxylation is 1. The molecule has 0 bridgehead atoms. The SMILES string of the molecule is Cn1c(-c2cc3ccn4ccnc4c3n2CC2CC2)nc2cc(C=O)cc(F)c21. The van der Waals surface area contributed by atoms with Gasteiger partial charge in [0, 0.05) is 43.1 Å². The van der Waals surface area contributed by atoms with Crippen molar-refractivity contribution in [1.29, 1.82) is 0 Å². The average Bonchev–Trinajstić information content (AvgIpc) is 3.12. The Morgan fingerprint density at radius 2 is 2.07 bits per heavy atom. The Hall–Kier alpha value is -3.48. The summed E-state index contributed by atoms with van der Waals surface area (Å²) in [5.74, 6) is 0.891. The molecule has 0 amide bonds. The molecule has 6 nitrogen and oxygen atoms in total. The summed E-state index contributed by atoms with van der Waals surface area (Å²) >= 11 is 0. The van der Waals surface area contributed by atoms with Crippen molar-refractivity contribution in [1.82, 2.24) is 23.5 Å². The zero-order valence-electron chi connectivity index (χ0n) is 15.8. The number of hydrogen-bond acceptors (Lipinski definition) is 3. The van der Waals surface area contributed by atoms with Crippen molar-refractivity contribution in [3.63, 3.8) is 0 Å². The van der Waals surface area contributed by atoms with Crippen LogP contribution in [-0.4, -0.2) is 29.8 Å². The summed E-state index contributed by atoms with van der Waals surface area (Å²) in [7, 11) is 1.82. The second-order valence-corrected chi connectivity index (χ2v) is 7.84. The van der Waals surface area contributed by atoms with Crippen molar-refractivity contribution < 1.29 is 9.18 Å². The molecule has 4 aromatic heterocycles. The second kappa shape index (κ2) is 5.76. The zero-order chi connectivity index (χ0) is 19.7. The molecule has 0 N–H and O–H groups in total. The number of benzene rings is 1. The molecule has 0 atom stereocenters. The zero-order valence-corrected chi connectivity index (χ0v) is 15.8. The Morgan fingerprint density at radius 1 is 1.21 bits per heavy atom. The van der Waals surface area contributed by atoms with Gasteiger partial charge in [0.2, 0.25) is 0 Å². The Bertz CT molecular complexity index is 1440. The van der Waals surface area contributed by atoms with Crippen LogP contribution >= 0.6 is 0 Å². The molecule has 1 aliphatic carbocycles. The molecule has 29 heavy (non-hydrogen) atoms. The molecule has 0 saturated heterocycles. The van der Waals surface area contributed by atoms with Gasteiger partial charge in [0.1, 0.15) is 17.6 Å². The first kappa shape index (κ1) is 16.5. The van der Waals surface area contributed by atoms with Crippen LogP contribution in [0.3, 0.4) is 0 Å². The van der Waals surface area contributed by atoms with Crippen LogP contribution in [0, 0.1) is 11.7 Å². The number of aromatic nitrogens is 5. The summed E-state index contributed by atoms with van der Waals surface area (Å²) < 4.78 is 20.7. The molecule has 7 heteroatoms. The highest BCUT2D eigenvalue weighted by Crippen LogP contribution is 2.37. The van der Waals surface area contributed by atoms with Crippen molar-refractivity contribution >= 4 is 33.9 Å². The molecule has 0 unspecified atom stereocenters. The van der Waals surface area contributed by atoms with E-state index in [1.54, 1.807) is 16.8 Å². The predicted octanol–water partition coefficient (Wildman–Crippen LogP) is 4.20. The van der Waals surface area contributed by atoms with Gasteiger partial charge in [0.15, 0.2) is 11.5 Å². The highest BCUT2D eigenvalue weighted by molar-refractivity contribution is 5.96. The van der Waals surface area contributed by atoms with Crippen molar-refractivity contribution in [3.05, 3.63) is 54.2 Å². The van der Waals surface area contributed by atoms with Crippen LogP contribution in [0.4, 0.5) is 4.39 Å². The lowest BCUT2D eigenvalue weighted by molar-refractivity contribution is 0.112. The maximum atomic E-state index is 14.7. The van der Waals surface area contributed by atoms with Crippen LogP contribution in [0.15, 0.2) is 42.9 Å². The monoisotopic (exact) mass is 387 g/mol. The number of halogens is 1. The molecule has 144 valence electrons.